The highest BCUT2D eigenvalue weighted by molar-refractivity contribution is 7.13. The summed E-state index contributed by atoms with van der Waals surface area (Å²) in [6, 6.07) is -0.330. The van der Waals surface area contributed by atoms with Crippen LogP contribution in [0.1, 0.15) is 31.9 Å². The van der Waals surface area contributed by atoms with Crippen LogP contribution in [0.25, 0.3) is 0 Å². The lowest BCUT2D eigenvalue weighted by atomic mass is 10.0. The van der Waals surface area contributed by atoms with Crippen LogP contribution in [0.4, 0.5) is 5.13 Å². The molecule has 0 aromatic carbocycles. The topological polar surface area (TPSA) is 65.5 Å². The van der Waals surface area contributed by atoms with Crippen molar-refractivity contribution in [2.45, 2.75) is 38.8 Å². The van der Waals surface area contributed by atoms with Crippen LogP contribution >= 0.6 is 11.3 Å². The third kappa shape index (κ3) is 3.93. The molecular weight excluding hydrogens is 288 g/mol. The highest BCUT2D eigenvalue weighted by atomic mass is 32.1. The monoisotopic (exact) mass is 310 g/mol. The van der Waals surface area contributed by atoms with Crippen LogP contribution < -0.4 is 10.2 Å². The molecule has 1 aliphatic rings. The average Bonchev–Trinajstić information content (AvgIpc) is 2.94. The number of hydrogen-bond acceptors (Lipinski definition) is 5. The van der Waals surface area contributed by atoms with E-state index in [9.17, 15) is 9.59 Å². The van der Waals surface area contributed by atoms with E-state index in [1.54, 1.807) is 16.2 Å². The van der Waals surface area contributed by atoms with Crippen LogP contribution in [0.5, 0.6) is 0 Å². The van der Waals surface area contributed by atoms with Crippen molar-refractivity contribution in [2.24, 2.45) is 0 Å². The number of likely N-dealkylation sites (tertiary alicyclic amines) is 1. The fourth-order valence-electron chi connectivity index (χ4n) is 2.46. The molecular formula is C14H22N4O2S. The quantitative estimate of drug-likeness (QED) is 0.908. The van der Waals surface area contributed by atoms with E-state index in [2.05, 4.69) is 10.3 Å². The number of nitrogens with zero attached hydrogens (tertiary/aromatic N) is 3. The molecule has 0 bridgehead atoms. The molecule has 0 radical (unpaired) electrons. The fourth-order valence-corrected chi connectivity index (χ4v) is 3.22. The molecule has 1 aromatic heterocycles. The minimum atomic E-state index is -0.330. The predicted molar refractivity (Wildman–Crippen MR) is 83.3 cm³/mol. The third-order valence-electron chi connectivity index (χ3n) is 3.58. The average molecular weight is 310 g/mol. The van der Waals surface area contributed by atoms with Gasteiger partial charge in [0, 0.05) is 32.9 Å². The second kappa shape index (κ2) is 6.89. The zero-order chi connectivity index (χ0) is 15.4. The van der Waals surface area contributed by atoms with Gasteiger partial charge in [-0.1, -0.05) is 0 Å². The minimum Gasteiger partial charge on any atom is -0.354 e. The molecule has 2 amide bonds. The maximum absolute atomic E-state index is 12.3. The Hall–Kier alpha value is -1.63. The number of anilines is 1. The predicted octanol–water partition coefficient (Wildman–Crippen LogP) is 1.23. The second-order valence-electron chi connectivity index (χ2n) is 5.46. The van der Waals surface area contributed by atoms with Gasteiger partial charge in [-0.3, -0.25) is 9.59 Å². The van der Waals surface area contributed by atoms with Crippen molar-refractivity contribution in [2.75, 3.05) is 25.5 Å². The van der Waals surface area contributed by atoms with Gasteiger partial charge in [-0.2, -0.15) is 0 Å². The molecule has 1 fully saturated rings. The van der Waals surface area contributed by atoms with Crippen molar-refractivity contribution in [3.8, 4) is 0 Å². The second-order valence-corrected chi connectivity index (χ2v) is 6.29. The van der Waals surface area contributed by atoms with Crippen LogP contribution in [0.3, 0.4) is 0 Å². The van der Waals surface area contributed by atoms with Crippen LogP contribution in [0.15, 0.2) is 5.38 Å². The molecule has 1 N–H and O–H groups in total. The Balaban J connectivity index is 1.92. The number of carbonyl (C=O) groups is 2. The van der Waals surface area contributed by atoms with Gasteiger partial charge in [-0.05, 0) is 19.3 Å². The largest absolute Gasteiger partial charge is 0.354 e. The van der Waals surface area contributed by atoms with E-state index in [0.29, 0.717) is 13.1 Å². The minimum absolute atomic E-state index is 0.0293. The van der Waals surface area contributed by atoms with E-state index in [4.69, 9.17) is 0 Å². The van der Waals surface area contributed by atoms with E-state index in [-0.39, 0.29) is 17.9 Å². The molecule has 0 unspecified atom stereocenters. The van der Waals surface area contributed by atoms with Crippen LogP contribution in [-0.4, -0.2) is 48.4 Å². The third-order valence-corrected chi connectivity index (χ3v) is 4.63. The molecule has 0 saturated carbocycles. The van der Waals surface area contributed by atoms with Gasteiger partial charge < -0.3 is 15.1 Å². The van der Waals surface area contributed by atoms with Gasteiger partial charge in [0.1, 0.15) is 6.04 Å². The van der Waals surface area contributed by atoms with Crippen LogP contribution in [0, 0.1) is 0 Å². The number of amides is 2. The summed E-state index contributed by atoms with van der Waals surface area (Å²) >= 11 is 1.55. The first-order chi connectivity index (χ1) is 9.99. The number of piperidine rings is 1. The maximum Gasteiger partial charge on any atom is 0.243 e. The molecule has 0 aliphatic carbocycles. The van der Waals surface area contributed by atoms with Gasteiger partial charge in [0.2, 0.25) is 11.8 Å². The smallest absolute Gasteiger partial charge is 0.243 e. The van der Waals surface area contributed by atoms with Crippen LogP contribution in [-0.2, 0) is 16.1 Å². The molecule has 116 valence electrons. The molecule has 1 saturated heterocycles. The van der Waals surface area contributed by atoms with E-state index in [1.807, 2.05) is 24.4 Å². The van der Waals surface area contributed by atoms with Crippen molar-refractivity contribution in [3.05, 3.63) is 11.1 Å². The molecule has 0 spiro atoms. The Morgan fingerprint density at radius 3 is 2.86 bits per heavy atom. The lowest BCUT2D eigenvalue weighted by molar-refractivity contribution is -0.140. The zero-order valence-corrected chi connectivity index (χ0v) is 13.6. The van der Waals surface area contributed by atoms with Crippen molar-refractivity contribution in [1.82, 2.24) is 15.2 Å². The summed E-state index contributed by atoms with van der Waals surface area (Å²) in [7, 11) is 3.88. The van der Waals surface area contributed by atoms with E-state index >= 15 is 0 Å². The first-order valence-electron chi connectivity index (χ1n) is 7.15. The van der Waals surface area contributed by atoms with Crippen molar-refractivity contribution in [3.63, 3.8) is 0 Å². The Morgan fingerprint density at radius 2 is 2.24 bits per heavy atom. The summed E-state index contributed by atoms with van der Waals surface area (Å²) < 4.78 is 0. The Bertz CT molecular complexity index is 515. The molecule has 1 aliphatic heterocycles. The summed E-state index contributed by atoms with van der Waals surface area (Å²) in [6.07, 6.45) is 2.70. The Morgan fingerprint density at radius 1 is 1.48 bits per heavy atom. The fraction of sp³-hybridized carbons (Fsp3) is 0.643. The Labute approximate surface area is 129 Å². The van der Waals surface area contributed by atoms with Gasteiger partial charge in [0.25, 0.3) is 0 Å². The van der Waals surface area contributed by atoms with Gasteiger partial charge in [0.05, 0.1) is 12.2 Å². The maximum atomic E-state index is 12.3. The number of rotatable bonds is 4. The van der Waals surface area contributed by atoms with Gasteiger partial charge in [-0.15, -0.1) is 11.3 Å². The SMILES string of the molecule is CC(=O)N1CCCC[C@@H]1C(=O)NCc1csc(N(C)C)n1. The number of carbonyl (C=O) groups excluding carboxylic acids is 2. The summed E-state index contributed by atoms with van der Waals surface area (Å²) in [5.74, 6) is -0.109. The van der Waals surface area contributed by atoms with E-state index < -0.39 is 0 Å². The normalized spacial score (nSPS) is 18.4. The number of aromatic nitrogens is 1. The van der Waals surface area contributed by atoms with E-state index in [1.165, 1.54) is 6.92 Å². The summed E-state index contributed by atoms with van der Waals surface area (Å²) in [5.41, 5.74) is 0.849. The lowest BCUT2D eigenvalue weighted by Crippen LogP contribution is -2.51. The highest BCUT2D eigenvalue weighted by Gasteiger charge is 2.30. The van der Waals surface area contributed by atoms with E-state index in [0.717, 1.165) is 30.1 Å². The summed E-state index contributed by atoms with van der Waals surface area (Å²) in [5, 5.41) is 5.76. The van der Waals surface area contributed by atoms with Crippen LogP contribution in [0.2, 0.25) is 0 Å². The van der Waals surface area contributed by atoms with Crippen molar-refractivity contribution < 1.29 is 9.59 Å². The van der Waals surface area contributed by atoms with Gasteiger partial charge in [-0.25, -0.2) is 4.98 Å². The molecule has 1 atom stereocenters. The molecule has 6 nitrogen and oxygen atoms in total. The lowest BCUT2D eigenvalue weighted by Gasteiger charge is -2.33. The highest BCUT2D eigenvalue weighted by Crippen LogP contribution is 2.19. The molecule has 1 aromatic rings. The number of nitrogens with one attached hydrogen (secondary N) is 1. The van der Waals surface area contributed by atoms with Gasteiger partial charge >= 0.3 is 0 Å². The zero-order valence-electron chi connectivity index (χ0n) is 12.8. The molecule has 21 heavy (non-hydrogen) atoms. The summed E-state index contributed by atoms with van der Waals surface area (Å²) in [6.45, 7) is 2.61. The Kier molecular flexibility index (Phi) is 5.17. The van der Waals surface area contributed by atoms with Crippen molar-refractivity contribution in [1.29, 1.82) is 0 Å². The summed E-state index contributed by atoms with van der Waals surface area (Å²) in [4.78, 5) is 31.9. The molecule has 7 heteroatoms. The standard InChI is InChI=1S/C14H22N4O2S/c1-10(19)18-7-5-4-6-12(18)13(20)15-8-11-9-21-14(16-11)17(2)3/h9,12H,4-8H2,1-3H3,(H,15,20)/t12-/m1/s1. The first kappa shape index (κ1) is 15.8. The first-order valence-corrected chi connectivity index (χ1v) is 8.03. The number of hydrogen-bond donors (Lipinski definition) is 1. The van der Waals surface area contributed by atoms with Gasteiger partial charge in [0.15, 0.2) is 5.13 Å². The van der Waals surface area contributed by atoms with Crippen molar-refractivity contribution >= 4 is 28.3 Å². The number of thiazole rings is 1. The molecule has 2 rings (SSSR count). The molecule has 2 heterocycles.